The first-order valence-corrected chi connectivity index (χ1v) is 8.50. The van der Waals surface area contributed by atoms with E-state index in [1.54, 1.807) is 9.80 Å². The number of urea groups is 1. The van der Waals surface area contributed by atoms with E-state index in [1.165, 1.54) is 0 Å². The molecule has 0 spiro atoms. The van der Waals surface area contributed by atoms with Gasteiger partial charge in [-0.25, -0.2) is 4.79 Å². The Bertz CT molecular complexity index is 606. The van der Waals surface area contributed by atoms with Gasteiger partial charge in [-0.15, -0.1) is 0 Å². The van der Waals surface area contributed by atoms with Crippen molar-refractivity contribution in [2.75, 3.05) is 24.5 Å². The topological polar surface area (TPSA) is 61.9 Å². The quantitative estimate of drug-likeness (QED) is 0.900. The number of aryl methyl sites for hydroxylation is 1. The lowest BCUT2D eigenvalue weighted by atomic mass is 10.2. The van der Waals surface area contributed by atoms with Crippen LogP contribution in [-0.2, 0) is 9.53 Å². The zero-order chi connectivity index (χ0) is 17.3. The molecule has 2 aliphatic heterocycles. The van der Waals surface area contributed by atoms with Gasteiger partial charge in [-0.3, -0.25) is 4.79 Å². The second kappa shape index (κ2) is 6.81. The van der Waals surface area contributed by atoms with Crippen molar-refractivity contribution in [3.8, 4) is 0 Å². The van der Waals surface area contributed by atoms with Crippen LogP contribution in [0.15, 0.2) is 24.3 Å². The number of carbonyl (C=O) groups is 2. The standard InChI is InChI=1S/C18H25N3O3/c1-12-4-6-16(7-5-12)21-11-15(8-17(21)22)19-18(23)20-9-13(2)24-14(3)10-20/h4-7,13-15H,8-11H2,1-3H3,(H,19,23)/t13-,14-,15-/m1/s1. The van der Waals surface area contributed by atoms with Crippen molar-refractivity contribution in [3.05, 3.63) is 29.8 Å². The predicted octanol–water partition coefficient (Wildman–Crippen LogP) is 1.92. The molecule has 3 atom stereocenters. The smallest absolute Gasteiger partial charge is 0.317 e. The first-order valence-electron chi connectivity index (χ1n) is 8.50. The maximum atomic E-state index is 12.5. The maximum absolute atomic E-state index is 12.5. The maximum Gasteiger partial charge on any atom is 0.317 e. The van der Waals surface area contributed by atoms with Crippen molar-refractivity contribution in [3.63, 3.8) is 0 Å². The molecule has 2 aliphatic rings. The summed E-state index contributed by atoms with van der Waals surface area (Å²) in [4.78, 5) is 28.3. The summed E-state index contributed by atoms with van der Waals surface area (Å²) in [7, 11) is 0. The Morgan fingerprint density at radius 3 is 2.38 bits per heavy atom. The molecular formula is C18H25N3O3. The number of rotatable bonds is 2. The first-order chi connectivity index (χ1) is 11.4. The van der Waals surface area contributed by atoms with Gasteiger partial charge in [0.15, 0.2) is 0 Å². The number of nitrogens with one attached hydrogen (secondary N) is 1. The number of amides is 3. The zero-order valence-corrected chi connectivity index (χ0v) is 14.5. The van der Waals surface area contributed by atoms with Gasteiger partial charge in [-0.1, -0.05) is 17.7 Å². The normalized spacial score (nSPS) is 27.5. The minimum absolute atomic E-state index is 0.0359. The van der Waals surface area contributed by atoms with E-state index in [2.05, 4.69) is 5.32 Å². The minimum Gasteiger partial charge on any atom is -0.372 e. The number of anilines is 1. The van der Waals surface area contributed by atoms with Crippen molar-refractivity contribution in [1.82, 2.24) is 10.2 Å². The molecule has 0 aliphatic carbocycles. The van der Waals surface area contributed by atoms with Crippen LogP contribution in [0.4, 0.5) is 10.5 Å². The lowest BCUT2D eigenvalue weighted by Gasteiger charge is -2.35. The molecule has 0 bridgehead atoms. The molecule has 6 heteroatoms. The summed E-state index contributed by atoms with van der Waals surface area (Å²) in [6.45, 7) is 7.63. The molecule has 1 aromatic carbocycles. The highest BCUT2D eigenvalue weighted by Crippen LogP contribution is 2.22. The fraction of sp³-hybridized carbons (Fsp3) is 0.556. The van der Waals surface area contributed by atoms with Gasteiger partial charge < -0.3 is 19.9 Å². The van der Waals surface area contributed by atoms with Crippen LogP contribution in [0.1, 0.15) is 25.8 Å². The van der Waals surface area contributed by atoms with E-state index in [1.807, 2.05) is 45.0 Å². The fourth-order valence-corrected chi connectivity index (χ4v) is 3.39. The number of ether oxygens (including phenoxy) is 1. The molecule has 6 nitrogen and oxygen atoms in total. The molecular weight excluding hydrogens is 306 g/mol. The molecule has 24 heavy (non-hydrogen) atoms. The van der Waals surface area contributed by atoms with E-state index >= 15 is 0 Å². The third-order valence-corrected chi connectivity index (χ3v) is 4.51. The second-order valence-corrected chi connectivity index (χ2v) is 6.85. The first kappa shape index (κ1) is 16.8. The van der Waals surface area contributed by atoms with Crippen LogP contribution in [0.2, 0.25) is 0 Å². The molecule has 130 valence electrons. The molecule has 2 heterocycles. The Morgan fingerprint density at radius 1 is 1.12 bits per heavy atom. The summed E-state index contributed by atoms with van der Waals surface area (Å²) in [5, 5.41) is 3.00. The molecule has 3 amide bonds. The fourth-order valence-electron chi connectivity index (χ4n) is 3.39. The summed E-state index contributed by atoms with van der Waals surface area (Å²) < 4.78 is 5.65. The molecule has 2 fully saturated rings. The Morgan fingerprint density at radius 2 is 1.75 bits per heavy atom. The SMILES string of the molecule is Cc1ccc(N2C[C@H](NC(=O)N3C[C@@H](C)O[C@H](C)C3)CC2=O)cc1. The molecule has 0 saturated carbocycles. The third kappa shape index (κ3) is 3.70. The Balaban J connectivity index is 1.59. The van der Waals surface area contributed by atoms with Gasteiger partial charge in [0.25, 0.3) is 0 Å². The lowest BCUT2D eigenvalue weighted by molar-refractivity contribution is -0.117. The largest absolute Gasteiger partial charge is 0.372 e. The van der Waals surface area contributed by atoms with Gasteiger partial charge in [0.05, 0.1) is 18.2 Å². The van der Waals surface area contributed by atoms with Crippen molar-refractivity contribution in [1.29, 1.82) is 0 Å². The number of benzene rings is 1. The van der Waals surface area contributed by atoms with Crippen LogP contribution in [0.3, 0.4) is 0 Å². The Kier molecular flexibility index (Phi) is 4.76. The van der Waals surface area contributed by atoms with Gasteiger partial charge in [-0.05, 0) is 32.9 Å². The molecule has 0 aromatic heterocycles. The van der Waals surface area contributed by atoms with Crippen LogP contribution in [-0.4, -0.2) is 54.7 Å². The van der Waals surface area contributed by atoms with E-state index in [0.29, 0.717) is 26.1 Å². The van der Waals surface area contributed by atoms with E-state index in [-0.39, 0.29) is 30.2 Å². The van der Waals surface area contributed by atoms with Gasteiger partial charge in [0, 0.05) is 31.7 Å². The molecule has 0 radical (unpaired) electrons. The van der Waals surface area contributed by atoms with Crippen LogP contribution < -0.4 is 10.2 Å². The van der Waals surface area contributed by atoms with E-state index in [4.69, 9.17) is 4.74 Å². The predicted molar refractivity (Wildman–Crippen MR) is 92.1 cm³/mol. The van der Waals surface area contributed by atoms with Gasteiger partial charge in [0.1, 0.15) is 0 Å². The highest BCUT2D eigenvalue weighted by atomic mass is 16.5. The average Bonchev–Trinajstić information content (AvgIpc) is 2.87. The number of nitrogens with zero attached hydrogens (tertiary/aromatic N) is 2. The van der Waals surface area contributed by atoms with Crippen molar-refractivity contribution >= 4 is 17.6 Å². The summed E-state index contributed by atoms with van der Waals surface area (Å²) >= 11 is 0. The molecule has 2 saturated heterocycles. The van der Waals surface area contributed by atoms with Gasteiger partial charge in [0.2, 0.25) is 5.91 Å². The minimum atomic E-state index is -0.153. The molecule has 1 N–H and O–H groups in total. The summed E-state index contributed by atoms with van der Waals surface area (Å²) in [6, 6.07) is 7.61. The Labute approximate surface area is 142 Å². The number of morpholine rings is 1. The summed E-state index contributed by atoms with van der Waals surface area (Å²) in [5.74, 6) is 0.0490. The molecule has 3 rings (SSSR count). The third-order valence-electron chi connectivity index (χ3n) is 4.51. The number of hydrogen-bond acceptors (Lipinski definition) is 3. The van der Waals surface area contributed by atoms with Crippen molar-refractivity contribution in [2.45, 2.75) is 45.4 Å². The highest BCUT2D eigenvalue weighted by molar-refractivity contribution is 5.96. The summed E-state index contributed by atoms with van der Waals surface area (Å²) in [6.07, 6.45) is 0.414. The van der Waals surface area contributed by atoms with E-state index in [0.717, 1.165) is 11.3 Å². The lowest BCUT2D eigenvalue weighted by Crippen LogP contribution is -2.53. The van der Waals surface area contributed by atoms with Gasteiger partial charge in [-0.2, -0.15) is 0 Å². The van der Waals surface area contributed by atoms with Crippen LogP contribution >= 0.6 is 0 Å². The van der Waals surface area contributed by atoms with Crippen LogP contribution in [0, 0.1) is 6.92 Å². The number of carbonyl (C=O) groups excluding carboxylic acids is 2. The van der Waals surface area contributed by atoms with Crippen LogP contribution in [0.5, 0.6) is 0 Å². The van der Waals surface area contributed by atoms with E-state index in [9.17, 15) is 9.59 Å². The van der Waals surface area contributed by atoms with Gasteiger partial charge >= 0.3 is 6.03 Å². The highest BCUT2D eigenvalue weighted by Gasteiger charge is 2.33. The van der Waals surface area contributed by atoms with Crippen LogP contribution in [0.25, 0.3) is 0 Å². The van der Waals surface area contributed by atoms with Crippen molar-refractivity contribution in [2.24, 2.45) is 0 Å². The molecule has 0 unspecified atom stereocenters. The summed E-state index contributed by atoms with van der Waals surface area (Å²) in [5.41, 5.74) is 2.04. The average molecular weight is 331 g/mol. The zero-order valence-electron chi connectivity index (χ0n) is 14.5. The second-order valence-electron chi connectivity index (χ2n) is 6.85. The monoisotopic (exact) mass is 331 g/mol. The Hall–Kier alpha value is -2.08. The molecule has 1 aromatic rings. The van der Waals surface area contributed by atoms with E-state index < -0.39 is 0 Å². The van der Waals surface area contributed by atoms with Crippen molar-refractivity contribution < 1.29 is 14.3 Å². The number of hydrogen-bond donors (Lipinski definition) is 1.